The van der Waals surface area contributed by atoms with E-state index < -0.39 is 30.0 Å². The Balaban J connectivity index is 1.63. The average Bonchev–Trinajstić information content (AvgIpc) is 3.01. The SMILES string of the molecule is CC(C)CC(C(=O)NC1N=C(c2ccccc2)c2cc(Cl)ccc2N(C)C1=O)C(O)COc1ccccc1. The number of ether oxygens (including phenoxy) is 1. The number of benzene rings is 3. The van der Waals surface area contributed by atoms with Crippen molar-refractivity contribution in [1.29, 1.82) is 0 Å². The van der Waals surface area contributed by atoms with Crippen LogP contribution >= 0.6 is 11.6 Å². The summed E-state index contributed by atoms with van der Waals surface area (Å²) in [5.41, 5.74) is 2.65. The summed E-state index contributed by atoms with van der Waals surface area (Å²) in [5, 5.41) is 14.3. The van der Waals surface area contributed by atoms with Crippen LogP contribution in [0.5, 0.6) is 5.75 Å². The lowest BCUT2D eigenvalue weighted by Crippen LogP contribution is -2.50. The van der Waals surface area contributed by atoms with E-state index in [1.54, 1.807) is 37.4 Å². The minimum Gasteiger partial charge on any atom is -0.491 e. The van der Waals surface area contributed by atoms with Gasteiger partial charge in [-0.1, -0.05) is 74.0 Å². The summed E-state index contributed by atoms with van der Waals surface area (Å²) in [6, 6.07) is 23.8. The summed E-state index contributed by atoms with van der Waals surface area (Å²) in [4.78, 5) is 33.3. The summed E-state index contributed by atoms with van der Waals surface area (Å²) in [6.07, 6.45) is -1.86. The molecule has 3 atom stereocenters. The summed E-state index contributed by atoms with van der Waals surface area (Å²) in [6.45, 7) is 3.89. The highest BCUT2D eigenvalue weighted by molar-refractivity contribution is 6.32. The van der Waals surface area contributed by atoms with Gasteiger partial charge >= 0.3 is 0 Å². The Morgan fingerprint density at radius 1 is 1.08 bits per heavy atom. The lowest BCUT2D eigenvalue weighted by Gasteiger charge is -2.26. The van der Waals surface area contributed by atoms with Crippen molar-refractivity contribution in [3.8, 4) is 5.75 Å². The number of nitrogens with zero attached hydrogens (tertiary/aromatic N) is 2. The second kappa shape index (κ2) is 12.2. The predicted molar refractivity (Wildman–Crippen MR) is 150 cm³/mol. The first-order chi connectivity index (χ1) is 18.2. The third kappa shape index (κ3) is 6.41. The van der Waals surface area contributed by atoms with Crippen LogP contribution in [0.25, 0.3) is 0 Å². The molecule has 1 heterocycles. The molecule has 1 aliphatic rings. The first kappa shape index (κ1) is 27.4. The Kier molecular flexibility index (Phi) is 8.81. The molecule has 0 bridgehead atoms. The minimum absolute atomic E-state index is 0.0597. The van der Waals surface area contributed by atoms with Crippen molar-refractivity contribution in [2.45, 2.75) is 32.5 Å². The Hall–Kier alpha value is -3.68. The molecule has 198 valence electrons. The number of aliphatic hydroxyl groups excluding tert-OH is 1. The molecule has 0 radical (unpaired) electrons. The van der Waals surface area contributed by atoms with Gasteiger partial charge in [0.25, 0.3) is 5.91 Å². The van der Waals surface area contributed by atoms with Crippen LogP contribution in [0.4, 0.5) is 5.69 Å². The third-order valence-corrected chi connectivity index (χ3v) is 6.65. The van der Waals surface area contributed by atoms with Gasteiger partial charge in [-0.05, 0) is 42.7 Å². The molecule has 2 amide bonds. The van der Waals surface area contributed by atoms with Gasteiger partial charge in [0.15, 0.2) is 0 Å². The zero-order valence-electron chi connectivity index (χ0n) is 21.7. The van der Waals surface area contributed by atoms with Crippen LogP contribution in [-0.2, 0) is 9.59 Å². The van der Waals surface area contributed by atoms with Crippen molar-refractivity contribution in [1.82, 2.24) is 5.32 Å². The fourth-order valence-corrected chi connectivity index (χ4v) is 4.64. The second-order valence-corrected chi connectivity index (χ2v) is 10.2. The van der Waals surface area contributed by atoms with Crippen molar-refractivity contribution in [2.24, 2.45) is 16.8 Å². The number of hydrogen-bond donors (Lipinski definition) is 2. The topological polar surface area (TPSA) is 91.2 Å². The van der Waals surface area contributed by atoms with E-state index in [1.807, 2.05) is 62.4 Å². The summed E-state index contributed by atoms with van der Waals surface area (Å²) < 4.78 is 5.71. The summed E-state index contributed by atoms with van der Waals surface area (Å²) in [7, 11) is 1.64. The van der Waals surface area contributed by atoms with E-state index in [1.165, 1.54) is 4.90 Å². The number of para-hydroxylation sites is 1. The standard InChI is InChI=1S/C30H32ClN3O4/c1-19(2)16-24(26(35)18-38-22-12-8-5-9-13-22)29(36)33-28-30(37)34(3)25-15-14-21(31)17-23(25)27(32-28)20-10-6-4-7-11-20/h4-15,17,19,24,26,28,35H,16,18H2,1-3H3,(H,33,36). The van der Waals surface area contributed by atoms with E-state index in [0.29, 0.717) is 34.2 Å². The molecule has 7 nitrogen and oxygen atoms in total. The summed E-state index contributed by atoms with van der Waals surface area (Å²) >= 11 is 6.32. The number of carbonyl (C=O) groups excluding carboxylic acids is 2. The molecule has 0 spiro atoms. The number of fused-ring (bicyclic) bond motifs is 1. The molecule has 0 aromatic heterocycles. The quantitative estimate of drug-likeness (QED) is 0.417. The van der Waals surface area contributed by atoms with Gasteiger partial charge in [0, 0.05) is 23.2 Å². The lowest BCUT2D eigenvalue weighted by molar-refractivity contribution is -0.133. The van der Waals surface area contributed by atoms with E-state index in [9.17, 15) is 14.7 Å². The fourth-order valence-electron chi connectivity index (χ4n) is 4.47. The maximum absolute atomic E-state index is 13.5. The number of carbonyl (C=O) groups is 2. The molecular formula is C30H32ClN3O4. The molecule has 2 N–H and O–H groups in total. The Morgan fingerprint density at radius 3 is 2.39 bits per heavy atom. The van der Waals surface area contributed by atoms with Crippen molar-refractivity contribution in [3.63, 3.8) is 0 Å². The Labute approximate surface area is 228 Å². The third-order valence-electron chi connectivity index (χ3n) is 6.41. The van der Waals surface area contributed by atoms with Gasteiger partial charge in [0.1, 0.15) is 12.4 Å². The highest BCUT2D eigenvalue weighted by Crippen LogP contribution is 2.30. The number of rotatable bonds is 9. The van der Waals surface area contributed by atoms with Gasteiger partial charge in [0.05, 0.1) is 23.4 Å². The smallest absolute Gasteiger partial charge is 0.272 e. The highest BCUT2D eigenvalue weighted by atomic mass is 35.5. The van der Waals surface area contributed by atoms with Crippen LogP contribution in [0, 0.1) is 11.8 Å². The maximum atomic E-state index is 13.5. The van der Waals surface area contributed by atoms with Gasteiger partial charge in [-0.15, -0.1) is 0 Å². The summed E-state index contributed by atoms with van der Waals surface area (Å²) in [5.74, 6) is -0.933. The minimum atomic E-state index is -1.19. The number of aliphatic hydroxyl groups is 1. The monoisotopic (exact) mass is 533 g/mol. The molecule has 0 aliphatic carbocycles. The lowest BCUT2D eigenvalue weighted by atomic mass is 9.91. The van der Waals surface area contributed by atoms with E-state index in [0.717, 1.165) is 5.56 Å². The van der Waals surface area contributed by atoms with E-state index >= 15 is 0 Å². The Morgan fingerprint density at radius 2 is 1.74 bits per heavy atom. The predicted octanol–water partition coefficient (Wildman–Crippen LogP) is 4.70. The van der Waals surface area contributed by atoms with Gasteiger partial charge in [0.2, 0.25) is 12.1 Å². The first-order valence-electron chi connectivity index (χ1n) is 12.6. The van der Waals surface area contributed by atoms with Crippen molar-refractivity contribution in [2.75, 3.05) is 18.6 Å². The van der Waals surface area contributed by atoms with Crippen LogP contribution in [0.15, 0.2) is 83.9 Å². The zero-order chi connectivity index (χ0) is 27.2. The van der Waals surface area contributed by atoms with E-state index in [-0.39, 0.29) is 12.5 Å². The number of hydrogen-bond acceptors (Lipinski definition) is 5. The van der Waals surface area contributed by atoms with Crippen LogP contribution < -0.4 is 15.0 Å². The van der Waals surface area contributed by atoms with E-state index in [4.69, 9.17) is 21.3 Å². The molecule has 1 aliphatic heterocycles. The van der Waals surface area contributed by atoms with Crippen LogP contribution in [0.1, 0.15) is 31.4 Å². The van der Waals surface area contributed by atoms with Gasteiger partial charge in [-0.25, -0.2) is 4.99 Å². The molecule has 3 aromatic rings. The molecule has 0 fully saturated rings. The molecule has 0 saturated carbocycles. The van der Waals surface area contributed by atoms with Crippen molar-refractivity contribution >= 4 is 34.8 Å². The van der Waals surface area contributed by atoms with Crippen molar-refractivity contribution in [3.05, 3.63) is 95.0 Å². The van der Waals surface area contributed by atoms with Gasteiger partial charge in [-0.3, -0.25) is 9.59 Å². The van der Waals surface area contributed by atoms with E-state index in [2.05, 4.69) is 5.32 Å². The zero-order valence-corrected chi connectivity index (χ0v) is 22.4. The van der Waals surface area contributed by atoms with Gasteiger partial charge < -0.3 is 20.1 Å². The molecule has 3 aromatic carbocycles. The normalized spacial score (nSPS) is 16.8. The molecule has 8 heteroatoms. The van der Waals surface area contributed by atoms with Gasteiger partial charge in [-0.2, -0.15) is 0 Å². The number of halogens is 1. The fraction of sp³-hybridized carbons (Fsp3) is 0.300. The van der Waals surface area contributed by atoms with Crippen molar-refractivity contribution < 1.29 is 19.4 Å². The maximum Gasteiger partial charge on any atom is 0.272 e. The highest BCUT2D eigenvalue weighted by Gasteiger charge is 2.35. The second-order valence-electron chi connectivity index (χ2n) is 9.74. The number of amides is 2. The first-order valence-corrected chi connectivity index (χ1v) is 13.0. The molecule has 4 rings (SSSR count). The number of nitrogens with one attached hydrogen (secondary N) is 1. The Bertz CT molecular complexity index is 1300. The number of aliphatic imine (C=N–C) groups is 1. The number of anilines is 1. The largest absolute Gasteiger partial charge is 0.491 e. The number of benzodiazepines with no additional fused rings is 1. The molecule has 0 saturated heterocycles. The average molecular weight is 534 g/mol. The van der Waals surface area contributed by atoms with Crippen LogP contribution in [0.2, 0.25) is 5.02 Å². The van der Waals surface area contributed by atoms with Crippen LogP contribution in [-0.4, -0.2) is 48.6 Å². The van der Waals surface area contributed by atoms with Crippen LogP contribution in [0.3, 0.4) is 0 Å². The molecule has 38 heavy (non-hydrogen) atoms. The number of likely N-dealkylation sites (N-methyl/N-ethyl adjacent to an activating group) is 1. The molecular weight excluding hydrogens is 502 g/mol. The molecule has 3 unspecified atom stereocenters.